The average Bonchev–Trinajstić information content (AvgIpc) is 2.86. The molecule has 2 N–H and O–H groups in total. The van der Waals surface area contributed by atoms with Gasteiger partial charge in [-0.25, -0.2) is 9.97 Å². The van der Waals surface area contributed by atoms with Crippen molar-refractivity contribution in [2.24, 2.45) is 0 Å². The average molecular weight is 554 g/mol. The molecule has 1 heterocycles. The van der Waals surface area contributed by atoms with Crippen molar-refractivity contribution in [2.75, 3.05) is 51.7 Å². The van der Waals surface area contributed by atoms with Crippen LogP contribution in [0.2, 0.25) is 5.02 Å². The molecule has 0 aliphatic carbocycles. The predicted molar refractivity (Wildman–Crippen MR) is 158 cm³/mol. The molecule has 0 radical (unpaired) electrons. The standard InChI is InChI=1S/C28H33ClN5O3P/c1-7-27(35)31-23-15-20(24(37-4)16-19(23)11-10-14-34(2)3)17-26-30-18-21(29)28(33-26)32-22-12-8-9-13-25(22)38(5,6)36/h7-13,15-16,18H,1,14,17H2,2-6H3,(H,31,35)(H,30,32,33)/b11-10+. The molecule has 3 aromatic rings. The van der Waals surface area contributed by atoms with Crippen LogP contribution in [0.5, 0.6) is 5.75 Å². The van der Waals surface area contributed by atoms with Crippen molar-refractivity contribution in [3.8, 4) is 5.75 Å². The van der Waals surface area contributed by atoms with Gasteiger partial charge in [-0.3, -0.25) is 4.79 Å². The number of benzene rings is 2. The van der Waals surface area contributed by atoms with Gasteiger partial charge in [-0.15, -0.1) is 0 Å². The predicted octanol–water partition coefficient (Wildman–Crippen LogP) is 5.42. The number of hydrogen-bond acceptors (Lipinski definition) is 7. The van der Waals surface area contributed by atoms with Crippen molar-refractivity contribution in [1.82, 2.24) is 14.9 Å². The lowest BCUT2D eigenvalue weighted by molar-refractivity contribution is -0.111. The normalized spacial score (nSPS) is 11.6. The molecule has 0 bridgehead atoms. The highest BCUT2D eigenvalue weighted by atomic mass is 35.5. The monoisotopic (exact) mass is 553 g/mol. The summed E-state index contributed by atoms with van der Waals surface area (Å²) in [7, 11) is 3.01. The van der Waals surface area contributed by atoms with E-state index in [1.165, 1.54) is 12.3 Å². The minimum atomic E-state index is -2.54. The highest BCUT2D eigenvalue weighted by Crippen LogP contribution is 2.38. The first-order chi connectivity index (χ1) is 18.0. The molecule has 0 aliphatic heterocycles. The summed E-state index contributed by atoms with van der Waals surface area (Å²) in [5, 5.41) is 7.13. The Morgan fingerprint density at radius 1 is 1.21 bits per heavy atom. The smallest absolute Gasteiger partial charge is 0.247 e. The third-order valence-corrected chi connectivity index (χ3v) is 7.37. The molecule has 200 valence electrons. The van der Waals surface area contributed by atoms with Gasteiger partial charge in [0.15, 0.2) is 5.82 Å². The molecule has 10 heteroatoms. The maximum Gasteiger partial charge on any atom is 0.247 e. The summed E-state index contributed by atoms with van der Waals surface area (Å²) in [4.78, 5) is 23.2. The Balaban J connectivity index is 1.98. The van der Waals surface area contributed by atoms with Crippen LogP contribution in [0.25, 0.3) is 6.08 Å². The van der Waals surface area contributed by atoms with Crippen molar-refractivity contribution >= 4 is 53.2 Å². The third-order valence-electron chi connectivity index (χ3n) is 5.54. The molecule has 1 amide bonds. The summed E-state index contributed by atoms with van der Waals surface area (Å²) in [6, 6.07) is 11.1. The second-order valence-corrected chi connectivity index (χ2v) is 12.9. The summed E-state index contributed by atoms with van der Waals surface area (Å²) in [5.41, 5.74) is 2.86. The fraction of sp³-hybridized carbons (Fsp3) is 0.250. The van der Waals surface area contributed by atoms with E-state index in [1.54, 1.807) is 20.4 Å². The Morgan fingerprint density at radius 3 is 2.61 bits per heavy atom. The van der Waals surface area contributed by atoms with Crippen molar-refractivity contribution < 1.29 is 14.1 Å². The van der Waals surface area contributed by atoms with Crippen LogP contribution in [0, 0.1) is 0 Å². The number of nitrogens with zero attached hydrogens (tertiary/aromatic N) is 3. The summed E-state index contributed by atoms with van der Waals surface area (Å²) in [6.45, 7) is 7.72. The number of amides is 1. The second-order valence-electron chi connectivity index (χ2n) is 9.26. The van der Waals surface area contributed by atoms with E-state index in [1.807, 2.05) is 67.5 Å². The van der Waals surface area contributed by atoms with Gasteiger partial charge in [0.05, 0.1) is 19.0 Å². The first-order valence-electron chi connectivity index (χ1n) is 11.9. The number of carbonyl (C=O) groups is 1. The van der Waals surface area contributed by atoms with Crippen LogP contribution >= 0.6 is 18.7 Å². The summed E-state index contributed by atoms with van der Waals surface area (Å²) >= 11 is 6.42. The highest BCUT2D eigenvalue weighted by molar-refractivity contribution is 7.70. The van der Waals surface area contributed by atoms with Crippen LogP contribution in [0.4, 0.5) is 17.2 Å². The zero-order chi connectivity index (χ0) is 27.9. The van der Waals surface area contributed by atoms with Gasteiger partial charge in [-0.1, -0.05) is 42.5 Å². The van der Waals surface area contributed by atoms with E-state index in [4.69, 9.17) is 16.3 Å². The number of rotatable bonds is 11. The lowest BCUT2D eigenvalue weighted by Crippen LogP contribution is -2.12. The van der Waals surface area contributed by atoms with Crippen molar-refractivity contribution in [1.29, 1.82) is 0 Å². The molecular formula is C28H33ClN5O3P. The van der Waals surface area contributed by atoms with Gasteiger partial charge >= 0.3 is 0 Å². The molecule has 3 rings (SSSR count). The maximum atomic E-state index is 12.8. The minimum Gasteiger partial charge on any atom is -0.496 e. The van der Waals surface area contributed by atoms with Crippen LogP contribution in [0.3, 0.4) is 0 Å². The van der Waals surface area contributed by atoms with Gasteiger partial charge in [0.1, 0.15) is 23.7 Å². The first kappa shape index (κ1) is 29.1. The number of likely N-dealkylation sites (N-methyl/N-ethyl adjacent to an activating group) is 1. The molecule has 0 unspecified atom stereocenters. The zero-order valence-corrected chi connectivity index (χ0v) is 23.9. The number of nitrogens with one attached hydrogen (secondary N) is 2. The van der Waals surface area contributed by atoms with Gasteiger partial charge < -0.3 is 24.8 Å². The highest BCUT2D eigenvalue weighted by Gasteiger charge is 2.18. The molecule has 2 aromatic carbocycles. The summed E-state index contributed by atoms with van der Waals surface area (Å²) in [6.07, 6.45) is 7.00. The van der Waals surface area contributed by atoms with Crippen molar-refractivity contribution in [3.05, 3.63) is 83.3 Å². The Hall–Kier alpha value is -3.45. The number of halogens is 1. The Morgan fingerprint density at radius 2 is 1.95 bits per heavy atom. The van der Waals surface area contributed by atoms with Gasteiger partial charge in [0.2, 0.25) is 5.91 Å². The zero-order valence-electron chi connectivity index (χ0n) is 22.3. The van der Waals surface area contributed by atoms with Crippen LogP contribution in [0.15, 0.2) is 61.3 Å². The lowest BCUT2D eigenvalue weighted by Gasteiger charge is -2.16. The summed E-state index contributed by atoms with van der Waals surface area (Å²) in [5.74, 6) is 1.20. The molecule has 0 saturated carbocycles. The number of aromatic nitrogens is 2. The molecule has 0 aliphatic rings. The van der Waals surface area contributed by atoms with Crippen molar-refractivity contribution in [2.45, 2.75) is 6.42 Å². The van der Waals surface area contributed by atoms with Gasteiger partial charge in [0, 0.05) is 35.1 Å². The molecule has 0 atom stereocenters. The number of carbonyl (C=O) groups excluding carboxylic acids is 1. The Labute approximate surface area is 229 Å². The van der Waals surface area contributed by atoms with E-state index < -0.39 is 7.14 Å². The SMILES string of the molecule is C=CC(=O)Nc1cc(Cc2ncc(Cl)c(Nc3ccccc3P(C)(C)=O)n2)c(OC)cc1/C=C/CN(C)C. The van der Waals surface area contributed by atoms with E-state index in [9.17, 15) is 9.36 Å². The van der Waals surface area contributed by atoms with Crippen molar-refractivity contribution in [3.63, 3.8) is 0 Å². The van der Waals surface area contributed by atoms with Crippen LogP contribution in [-0.4, -0.2) is 61.9 Å². The molecule has 1 aromatic heterocycles. The molecule has 0 spiro atoms. The number of para-hydroxylation sites is 1. The Kier molecular flexibility index (Phi) is 9.86. The van der Waals surface area contributed by atoms with Gasteiger partial charge in [0.25, 0.3) is 0 Å². The minimum absolute atomic E-state index is 0.315. The van der Waals surface area contributed by atoms with Gasteiger partial charge in [-0.2, -0.15) is 0 Å². The number of hydrogen-bond donors (Lipinski definition) is 2. The fourth-order valence-electron chi connectivity index (χ4n) is 3.71. The molecular weight excluding hydrogens is 521 g/mol. The molecule has 8 nitrogen and oxygen atoms in total. The largest absolute Gasteiger partial charge is 0.496 e. The molecule has 38 heavy (non-hydrogen) atoms. The molecule has 0 fully saturated rings. The van der Waals surface area contributed by atoms with Crippen LogP contribution in [0.1, 0.15) is 17.0 Å². The number of anilines is 3. The van der Waals surface area contributed by atoms with E-state index in [2.05, 4.69) is 27.2 Å². The van der Waals surface area contributed by atoms with E-state index in [-0.39, 0.29) is 5.91 Å². The Bertz CT molecular complexity index is 1400. The number of methoxy groups -OCH3 is 1. The number of ether oxygens (including phenoxy) is 1. The van der Waals surface area contributed by atoms with Crippen LogP contribution < -0.4 is 20.7 Å². The molecule has 0 saturated heterocycles. The fourth-order valence-corrected chi connectivity index (χ4v) is 5.01. The summed E-state index contributed by atoms with van der Waals surface area (Å²) < 4.78 is 18.5. The first-order valence-corrected chi connectivity index (χ1v) is 14.9. The topological polar surface area (TPSA) is 96.5 Å². The quantitative estimate of drug-likeness (QED) is 0.242. The van der Waals surface area contributed by atoms with E-state index in [0.29, 0.717) is 45.5 Å². The van der Waals surface area contributed by atoms with Gasteiger partial charge in [-0.05, 0) is 57.8 Å². The van der Waals surface area contributed by atoms with E-state index in [0.717, 1.165) is 17.7 Å². The third kappa shape index (κ3) is 7.78. The maximum absolute atomic E-state index is 12.8. The van der Waals surface area contributed by atoms with Crippen LogP contribution in [-0.2, 0) is 15.8 Å². The lowest BCUT2D eigenvalue weighted by atomic mass is 10.0. The van der Waals surface area contributed by atoms with E-state index >= 15 is 0 Å². The second kappa shape index (κ2) is 12.9.